The van der Waals surface area contributed by atoms with Crippen LogP contribution in [0.25, 0.3) is 10.9 Å². The molecule has 1 amide bonds. The molecule has 2 aromatic carbocycles. The Bertz CT molecular complexity index is 1030. The van der Waals surface area contributed by atoms with Crippen molar-refractivity contribution in [1.82, 2.24) is 14.8 Å². The van der Waals surface area contributed by atoms with Gasteiger partial charge in [-0.3, -0.25) is 9.69 Å². The SMILES string of the molecule is CN(C(=O)c1ccc(Cl)cc1)C1CCN2CCc3c([nH]c4ccccc34)[C@@H]2C1. The van der Waals surface area contributed by atoms with Crippen LogP contribution in [0.5, 0.6) is 0 Å². The molecule has 4 nitrogen and oxygen atoms in total. The number of rotatable bonds is 2. The first kappa shape index (κ1) is 17.8. The fraction of sp³-hybridized carbons (Fsp3) is 0.348. The second kappa shape index (κ2) is 6.94. The minimum Gasteiger partial charge on any atom is -0.357 e. The van der Waals surface area contributed by atoms with Crippen LogP contribution in [0.3, 0.4) is 0 Å². The van der Waals surface area contributed by atoms with E-state index < -0.39 is 0 Å². The molecule has 2 aliphatic heterocycles. The van der Waals surface area contributed by atoms with E-state index in [2.05, 4.69) is 34.1 Å². The largest absolute Gasteiger partial charge is 0.357 e. The van der Waals surface area contributed by atoms with Gasteiger partial charge in [0, 0.05) is 53.4 Å². The Balaban J connectivity index is 1.41. The first-order valence-electron chi connectivity index (χ1n) is 9.98. The Kier molecular flexibility index (Phi) is 4.41. The number of halogens is 1. The Labute approximate surface area is 170 Å². The number of hydrogen-bond acceptors (Lipinski definition) is 2. The minimum absolute atomic E-state index is 0.0720. The highest BCUT2D eigenvalue weighted by Crippen LogP contribution is 2.40. The summed E-state index contributed by atoms with van der Waals surface area (Å²) in [6, 6.07) is 16.4. The number of aromatic amines is 1. The average Bonchev–Trinajstić information content (AvgIpc) is 3.12. The third-order valence-corrected chi connectivity index (χ3v) is 6.73. The Morgan fingerprint density at radius 1 is 1.14 bits per heavy atom. The van der Waals surface area contributed by atoms with Crippen LogP contribution < -0.4 is 0 Å². The summed E-state index contributed by atoms with van der Waals surface area (Å²) in [5.74, 6) is 0.0720. The Morgan fingerprint density at radius 3 is 2.75 bits per heavy atom. The summed E-state index contributed by atoms with van der Waals surface area (Å²) in [6.45, 7) is 2.13. The van der Waals surface area contributed by atoms with Crippen LogP contribution in [0.2, 0.25) is 5.02 Å². The molecule has 2 aliphatic rings. The summed E-state index contributed by atoms with van der Waals surface area (Å²) in [5.41, 5.74) is 4.74. The fourth-order valence-electron chi connectivity index (χ4n) is 4.91. The number of H-pyrrole nitrogens is 1. The molecule has 3 heterocycles. The lowest BCUT2D eigenvalue weighted by atomic mass is 9.87. The van der Waals surface area contributed by atoms with Crippen LogP contribution in [-0.4, -0.2) is 46.9 Å². The van der Waals surface area contributed by atoms with Crippen LogP contribution in [0.15, 0.2) is 48.5 Å². The van der Waals surface area contributed by atoms with E-state index in [4.69, 9.17) is 11.6 Å². The van der Waals surface area contributed by atoms with Gasteiger partial charge in [-0.05, 0) is 55.2 Å². The Hall–Kier alpha value is -2.30. The summed E-state index contributed by atoms with van der Waals surface area (Å²) < 4.78 is 0. The van der Waals surface area contributed by atoms with Crippen molar-refractivity contribution in [2.45, 2.75) is 31.3 Å². The number of benzene rings is 2. The van der Waals surface area contributed by atoms with Gasteiger partial charge < -0.3 is 9.88 Å². The van der Waals surface area contributed by atoms with Crippen LogP contribution in [-0.2, 0) is 6.42 Å². The normalized spacial score (nSPS) is 21.9. The van der Waals surface area contributed by atoms with Crippen molar-refractivity contribution in [3.05, 3.63) is 70.4 Å². The number of nitrogens with one attached hydrogen (secondary N) is 1. The maximum atomic E-state index is 13.0. The van der Waals surface area contributed by atoms with E-state index >= 15 is 0 Å². The summed E-state index contributed by atoms with van der Waals surface area (Å²) in [5, 5.41) is 2.01. The van der Waals surface area contributed by atoms with Gasteiger partial charge in [-0.15, -0.1) is 0 Å². The highest BCUT2D eigenvalue weighted by atomic mass is 35.5. The molecule has 0 bridgehead atoms. The van der Waals surface area contributed by atoms with Crippen molar-refractivity contribution in [3.8, 4) is 0 Å². The second-order valence-electron chi connectivity index (χ2n) is 7.97. The first-order chi connectivity index (χ1) is 13.6. The van der Waals surface area contributed by atoms with Gasteiger partial charge in [0.1, 0.15) is 0 Å². The number of para-hydroxylation sites is 1. The molecule has 1 fully saturated rings. The van der Waals surface area contributed by atoms with E-state index in [1.165, 1.54) is 22.2 Å². The van der Waals surface area contributed by atoms with Crippen LogP contribution in [0.1, 0.15) is 40.5 Å². The highest BCUT2D eigenvalue weighted by molar-refractivity contribution is 6.30. The van der Waals surface area contributed by atoms with Crippen molar-refractivity contribution in [3.63, 3.8) is 0 Å². The molecule has 28 heavy (non-hydrogen) atoms. The highest BCUT2D eigenvalue weighted by Gasteiger charge is 2.37. The predicted molar refractivity (Wildman–Crippen MR) is 113 cm³/mol. The number of hydrogen-bond donors (Lipinski definition) is 1. The molecule has 5 rings (SSSR count). The van der Waals surface area contributed by atoms with Gasteiger partial charge in [-0.25, -0.2) is 0 Å². The van der Waals surface area contributed by atoms with E-state index in [0.717, 1.165) is 32.4 Å². The van der Waals surface area contributed by atoms with Gasteiger partial charge in [-0.1, -0.05) is 29.8 Å². The number of carbonyl (C=O) groups is 1. The number of amides is 1. The molecule has 2 atom stereocenters. The lowest BCUT2D eigenvalue weighted by molar-refractivity contribution is 0.0496. The molecule has 0 aliphatic carbocycles. The average molecular weight is 394 g/mol. The van der Waals surface area contributed by atoms with E-state index in [9.17, 15) is 4.79 Å². The maximum Gasteiger partial charge on any atom is 0.253 e. The van der Waals surface area contributed by atoms with Gasteiger partial charge in [0.05, 0.1) is 6.04 Å². The van der Waals surface area contributed by atoms with Gasteiger partial charge in [-0.2, -0.15) is 0 Å². The van der Waals surface area contributed by atoms with Gasteiger partial charge in [0.25, 0.3) is 5.91 Å². The van der Waals surface area contributed by atoms with Crippen molar-refractivity contribution in [2.75, 3.05) is 20.1 Å². The number of carbonyl (C=O) groups excluding carboxylic acids is 1. The molecule has 1 N–H and O–H groups in total. The molecule has 5 heteroatoms. The van der Waals surface area contributed by atoms with Gasteiger partial charge >= 0.3 is 0 Å². The van der Waals surface area contributed by atoms with E-state index in [0.29, 0.717) is 16.6 Å². The van der Waals surface area contributed by atoms with E-state index in [1.807, 2.05) is 24.1 Å². The molecule has 1 saturated heterocycles. The van der Waals surface area contributed by atoms with Crippen LogP contribution in [0, 0.1) is 0 Å². The quantitative estimate of drug-likeness (QED) is 0.688. The second-order valence-corrected chi connectivity index (χ2v) is 8.40. The van der Waals surface area contributed by atoms with Gasteiger partial charge in [0.15, 0.2) is 0 Å². The molecule has 0 radical (unpaired) electrons. The van der Waals surface area contributed by atoms with Crippen LogP contribution in [0.4, 0.5) is 0 Å². The third-order valence-electron chi connectivity index (χ3n) is 6.47. The third kappa shape index (κ3) is 2.92. The van der Waals surface area contributed by atoms with Crippen molar-refractivity contribution >= 4 is 28.4 Å². The molecule has 1 aromatic heterocycles. The fourth-order valence-corrected chi connectivity index (χ4v) is 5.03. The number of aromatic nitrogens is 1. The maximum absolute atomic E-state index is 13.0. The molecule has 144 valence electrons. The zero-order chi connectivity index (χ0) is 19.3. The first-order valence-corrected chi connectivity index (χ1v) is 10.4. The van der Waals surface area contributed by atoms with Crippen molar-refractivity contribution in [1.29, 1.82) is 0 Å². The molecule has 0 spiro atoms. The van der Waals surface area contributed by atoms with Gasteiger partial charge in [0.2, 0.25) is 0 Å². The molecular weight excluding hydrogens is 370 g/mol. The summed E-state index contributed by atoms with van der Waals surface area (Å²) in [7, 11) is 1.94. The van der Waals surface area contributed by atoms with Crippen molar-refractivity contribution in [2.24, 2.45) is 0 Å². The lowest BCUT2D eigenvalue weighted by Crippen LogP contribution is -2.49. The molecule has 0 saturated carbocycles. The zero-order valence-electron chi connectivity index (χ0n) is 16.0. The predicted octanol–water partition coefficient (Wildman–Crippen LogP) is 4.66. The number of nitrogens with zero attached hydrogens (tertiary/aromatic N) is 2. The summed E-state index contributed by atoms with van der Waals surface area (Å²) in [4.78, 5) is 21.2. The smallest absolute Gasteiger partial charge is 0.253 e. The van der Waals surface area contributed by atoms with Crippen LogP contribution >= 0.6 is 11.6 Å². The summed E-state index contributed by atoms with van der Waals surface area (Å²) >= 11 is 5.97. The minimum atomic E-state index is 0.0720. The lowest BCUT2D eigenvalue weighted by Gasteiger charge is -2.44. The monoisotopic (exact) mass is 393 g/mol. The topological polar surface area (TPSA) is 39.3 Å². The number of fused-ring (bicyclic) bond motifs is 5. The molecule has 1 unspecified atom stereocenters. The van der Waals surface area contributed by atoms with Crippen molar-refractivity contribution < 1.29 is 4.79 Å². The molecule has 3 aromatic rings. The Morgan fingerprint density at radius 2 is 1.93 bits per heavy atom. The molecular formula is C23H24ClN3O. The number of piperidine rings is 1. The standard InChI is InChI=1S/C23H24ClN3O/c1-26(23(28)15-6-8-16(24)9-7-15)17-10-12-27-13-11-19-18-4-2-3-5-20(18)25-22(19)21(27)14-17/h2-9,17,21,25H,10-14H2,1H3/t17?,21-/m0/s1. The zero-order valence-corrected chi connectivity index (χ0v) is 16.7. The summed E-state index contributed by atoms with van der Waals surface area (Å²) in [6.07, 6.45) is 3.08. The van der Waals surface area contributed by atoms with E-state index in [1.54, 1.807) is 12.1 Å². The van der Waals surface area contributed by atoms with E-state index in [-0.39, 0.29) is 11.9 Å².